The SMILES string of the molecule is CC(C)(C)C1CCN(C(=O)O)[C@]1(c1nc(-c2ccc(-c3ccc(-c4c[nH]c([C@@H]5CCCN5C(=O)O)n4)cc3)cc2F)c[nH]1)C(C)(C)C. The maximum atomic E-state index is 15.8. The average molecular weight is 643 g/mol. The van der Waals surface area contributed by atoms with Gasteiger partial charge in [0.25, 0.3) is 0 Å². The monoisotopic (exact) mass is 642 g/mol. The number of imidazole rings is 2. The molecule has 0 radical (unpaired) electrons. The Balaban J connectivity index is 1.27. The van der Waals surface area contributed by atoms with Gasteiger partial charge in [-0.2, -0.15) is 0 Å². The number of hydrogen-bond acceptors (Lipinski definition) is 4. The standard InChI is InChI=1S/C36H43FN6O4/c1-34(2,3)29-15-17-43(33(46)47)36(29,35(4,5)6)31-39-20-27(41-31)24-14-13-23(18-25(24)37)21-9-11-22(12-10-21)26-19-38-30(40-26)28-8-7-16-42(28)32(44)45/h9-14,18-20,28-29H,7-8,15-17H2,1-6H3,(H,38,40)(H,39,41)(H,44,45)(H,46,47)/t28-,29?,36+/m0/s1. The van der Waals surface area contributed by atoms with E-state index >= 15 is 4.39 Å². The Hall–Kier alpha value is -4.67. The highest BCUT2D eigenvalue weighted by Gasteiger charge is 2.63. The van der Waals surface area contributed by atoms with E-state index in [-0.39, 0.29) is 17.4 Å². The molecular weight excluding hydrogens is 599 g/mol. The number of rotatable bonds is 5. The molecule has 0 saturated carbocycles. The summed E-state index contributed by atoms with van der Waals surface area (Å²) in [6.45, 7) is 13.4. The molecule has 11 heteroatoms. The highest BCUT2D eigenvalue weighted by atomic mass is 19.1. The molecule has 2 aliphatic heterocycles. The van der Waals surface area contributed by atoms with Crippen LogP contribution in [0.2, 0.25) is 0 Å². The number of benzene rings is 2. The van der Waals surface area contributed by atoms with Gasteiger partial charge in [0.2, 0.25) is 0 Å². The van der Waals surface area contributed by atoms with Crippen LogP contribution < -0.4 is 0 Å². The fraction of sp³-hybridized carbons (Fsp3) is 0.444. The molecule has 6 rings (SSSR count). The Morgan fingerprint density at radius 2 is 1.51 bits per heavy atom. The first-order valence-electron chi connectivity index (χ1n) is 16.1. The second kappa shape index (κ2) is 11.5. The van der Waals surface area contributed by atoms with Gasteiger partial charge in [0.15, 0.2) is 0 Å². The molecule has 1 unspecified atom stereocenters. The first kappa shape index (κ1) is 32.3. The van der Waals surface area contributed by atoms with E-state index in [1.165, 1.54) is 15.9 Å². The molecule has 3 atom stereocenters. The molecule has 0 bridgehead atoms. The van der Waals surface area contributed by atoms with Gasteiger partial charge >= 0.3 is 12.2 Å². The lowest BCUT2D eigenvalue weighted by Crippen LogP contribution is -2.58. The van der Waals surface area contributed by atoms with E-state index in [2.05, 4.69) is 35.7 Å². The van der Waals surface area contributed by atoms with Gasteiger partial charge in [-0.3, -0.25) is 9.80 Å². The molecule has 2 saturated heterocycles. The van der Waals surface area contributed by atoms with Crippen molar-refractivity contribution in [1.29, 1.82) is 0 Å². The number of halogens is 1. The van der Waals surface area contributed by atoms with Crippen molar-refractivity contribution in [3.05, 3.63) is 72.3 Å². The van der Waals surface area contributed by atoms with E-state index in [1.54, 1.807) is 18.5 Å². The van der Waals surface area contributed by atoms with Gasteiger partial charge in [-0.05, 0) is 59.3 Å². The second-order valence-corrected chi connectivity index (χ2v) is 14.9. The van der Waals surface area contributed by atoms with Gasteiger partial charge < -0.3 is 20.2 Å². The predicted octanol–water partition coefficient (Wildman–Crippen LogP) is 8.38. The fourth-order valence-electron chi connectivity index (χ4n) is 8.04. The maximum Gasteiger partial charge on any atom is 0.408 e. The molecule has 2 aromatic heterocycles. The summed E-state index contributed by atoms with van der Waals surface area (Å²) in [5.74, 6) is 0.716. The molecule has 4 N–H and O–H groups in total. The van der Waals surface area contributed by atoms with Gasteiger partial charge in [-0.15, -0.1) is 0 Å². The summed E-state index contributed by atoms with van der Waals surface area (Å²) in [5, 5.41) is 19.8. The number of likely N-dealkylation sites (tertiary alicyclic amines) is 2. The highest BCUT2D eigenvalue weighted by Crippen LogP contribution is 2.59. The summed E-state index contributed by atoms with van der Waals surface area (Å²) in [6.07, 6.45) is 3.76. The Labute approximate surface area is 274 Å². The topological polar surface area (TPSA) is 138 Å². The Morgan fingerprint density at radius 1 is 0.851 bits per heavy atom. The van der Waals surface area contributed by atoms with Crippen molar-refractivity contribution in [2.24, 2.45) is 16.7 Å². The Morgan fingerprint density at radius 3 is 2.13 bits per heavy atom. The summed E-state index contributed by atoms with van der Waals surface area (Å²) in [5.41, 5.74) is 2.21. The van der Waals surface area contributed by atoms with E-state index in [1.807, 2.05) is 51.1 Å². The number of hydrogen-bond donors (Lipinski definition) is 4. The fourth-order valence-corrected chi connectivity index (χ4v) is 8.04. The normalized spacial score (nSPS) is 21.9. The van der Waals surface area contributed by atoms with E-state index < -0.39 is 29.0 Å². The van der Waals surface area contributed by atoms with Gasteiger partial charge in [-0.1, -0.05) is 71.9 Å². The van der Waals surface area contributed by atoms with Crippen molar-refractivity contribution in [2.75, 3.05) is 13.1 Å². The first-order valence-corrected chi connectivity index (χ1v) is 16.1. The summed E-state index contributed by atoms with van der Waals surface area (Å²) in [6, 6.07) is 12.4. The molecule has 2 aliphatic rings. The van der Waals surface area contributed by atoms with Crippen molar-refractivity contribution >= 4 is 12.2 Å². The summed E-state index contributed by atoms with van der Waals surface area (Å²) in [7, 11) is 0. The van der Waals surface area contributed by atoms with E-state index in [0.29, 0.717) is 53.7 Å². The summed E-state index contributed by atoms with van der Waals surface area (Å²) >= 11 is 0. The van der Waals surface area contributed by atoms with Crippen LogP contribution in [0.25, 0.3) is 33.6 Å². The van der Waals surface area contributed by atoms with Crippen LogP contribution in [0.15, 0.2) is 54.9 Å². The quantitative estimate of drug-likeness (QED) is 0.173. The van der Waals surface area contributed by atoms with Crippen molar-refractivity contribution in [3.8, 4) is 33.6 Å². The lowest BCUT2D eigenvalue weighted by molar-refractivity contribution is -0.0404. The Bertz CT molecular complexity index is 1800. The third kappa shape index (κ3) is 5.45. The van der Waals surface area contributed by atoms with Crippen LogP contribution in [-0.2, 0) is 5.54 Å². The molecule has 4 aromatic rings. The molecule has 4 heterocycles. The third-order valence-electron chi connectivity index (χ3n) is 10.1. The van der Waals surface area contributed by atoms with Crippen LogP contribution in [0.1, 0.15) is 78.5 Å². The molecule has 47 heavy (non-hydrogen) atoms. The highest BCUT2D eigenvalue weighted by molar-refractivity contribution is 5.72. The van der Waals surface area contributed by atoms with E-state index in [4.69, 9.17) is 4.98 Å². The van der Waals surface area contributed by atoms with Gasteiger partial charge in [-0.25, -0.2) is 23.9 Å². The molecule has 2 amide bonds. The minimum Gasteiger partial charge on any atom is -0.465 e. The summed E-state index contributed by atoms with van der Waals surface area (Å²) in [4.78, 5) is 43.1. The molecule has 10 nitrogen and oxygen atoms in total. The van der Waals surface area contributed by atoms with Gasteiger partial charge in [0.1, 0.15) is 23.0 Å². The molecule has 248 valence electrons. The molecular formula is C36H43FN6O4. The van der Waals surface area contributed by atoms with Gasteiger partial charge in [0, 0.05) is 36.6 Å². The van der Waals surface area contributed by atoms with Crippen LogP contribution in [0.3, 0.4) is 0 Å². The number of nitrogens with one attached hydrogen (secondary N) is 2. The van der Waals surface area contributed by atoms with Crippen molar-refractivity contribution < 1.29 is 24.2 Å². The lowest BCUT2D eigenvalue weighted by Gasteiger charge is -2.52. The minimum atomic E-state index is -0.988. The zero-order valence-electron chi connectivity index (χ0n) is 27.8. The Kier molecular flexibility index (Phi) is 7.92. The molecule has 0 aliphatic carbocycles. The van der Waals surface area contributed by atoms with Crippen LogP contribution in [0.5, 0.6) is 0 Å². The average Bonchev–Trinajstić information content (AvgIpc) is 3.81. The number of carbonyl (C=O) groups is 2. The van der Waals surface area contributed by atoms with Crippen molar-refractivity contribution in [1.82, 2.24) is 29.7 Å². The van der Waals surface area contributed by atoms with E-state index in [9.17, 15) is 19.8 Å². The smallest absolute Gasteiger partial charge is 0.408 e. The summed E-state index contributed by atoms with van der Waals surface area (Å²) < 4.78 is 15.8. The number of H-pyrrole nitrogens is 2. The van der Waals surface area contributed by atoms with Crippen LogP contribution in [-0.4, -0.2) is 65.2 Å². The lowest BCUT2D eigenvalue weighted by atomic mass is 9.59. The maximum absolute atomic E-state index is 15.8. The molecule has 0 spiro atoms. The minimum absolute atomic E-state index is 0.0181. The second-order valence-electron chi connectivity index (χ2n) is 14.9. The van der Waals surface area contributed by atoms with Gasteiger partial charge in [0.05, 0.1) is 17.4 Å². The zero-order valence-corrected chi connectivity index (χ0v) is 27.8. The number of nitrogens with zero attached hydrogens (tertiary/aromatic N) is 4. The third-order valence-corrected chi connectivity index (χ3v) is 10.1. The number of carboxylic acid groups (broad SMARTS) is 2. The van der Waals surface area contributed by atoms with Crippen molar-refractivity contribution in [2.45, 2.75) is 72.4 Å². The van der Waals surface area contributed by atoms with Crippen molar-refractivity contribution in [3.63, 3.8) is 0 Å². The predicted molar refractivity (Wildman–Crippen MR) is 177 cm³/mol. The largest absolute Gasteiger partial charge is 0.465 e. The van der Waals surface area contributed by atoms with E-state index in [0.717, 1.165) is 24.0 Å². The number of aromatic nitrogens is 4. The first-order chi connectivity index (χ1) is 22.1. The molecule has 2 aromatic carbocycles. The molecule has 2 fully saturated rings. The van der Waals surface area contributed by atoms with Crippen LogP contribution in [0, 0.1) is 22.6 Å². The van der Waals surface area contributed by atoms with Crippen LogP contribution >= 0.6 is 0 Å². The number of amides is 2. The van der Waals surface area contributed by atoms with Crippen LogP contribution in [0.4, 0.5) is 14.0 Å². The zero-order chi connectivity index (χ0) is 33.9. The number of aromatic amines is 2.